The molecule has 1 heterocycles. The van der Waals surface area contributed by atoms with E-state index in [2.05, 4.69) is 97.9 Å². The van der Waals surface area contributed by atoms with E-state index in [0.29, 0.717) is 0 Å². The van der Waals surface area contributed by atoms with E-state index in [1.807, 2.05) is 11.3 Å². The topological polar surface area (TPSA) is 0 Å². The summed E-state index contributed by atoms with van der Waals surface area (Å²) in [6.07, 6.45) is 0. The smallest absolute Gasteiger partial charge is 0.0740 e. The average Bonchev–Trinajstić information content (AvgIpc) is 3.37. The number of hydrogen-bond acceptors (Lipinski definition) is 1. The Balaban J connectivity index is 1.78. The quantitative estimate of drug-likeness (QED) is 0.252. The molecule has 0 saturated heterocycles. The minimum absolute atomic E-state index is 0.219. The third kappa shape index (κ3) is 1.68. The highest BCUT2D eigenvalue weighted by molar-refractivity contribution is 7.22. The Morgan fingerprint density at radius 1 is 0.621 bits per heavy atom. The fourth-order valence-electron chi connectivity index (χ4n) is 5.82. The first kappa shape index (κ1) is 15.7. The van der Waals surface area contributed by atoms with Crippen molar-refractivity contribution in [2.75, 3.05) is 0 Å². The van der Waals surface area contributed by atoms with Crippen LogP contribution < -0.4 is 0 Å². The molecule has 0 aliphatic heterocycles. The van der Waals surface area contributed by atoms with Crippen molar-refractivity contribution >= 4 is 21.4 Å². The lowest BCUT2D eigenvalue weighted by Crippen LogP contribution is -2.25. The van der Waals surface area contributed by atoms with Gasteiger partial charge < -0.3 is 0 Å². The van der Waals surface area contributed by atoms with Gasteiger partial charge in [0.05, 0.1) is 5.41 Å². The molecule has 0 amide bonds. The van der Waals surface area contributed by atoms with Crippen molar-refractivity contribution in [1.82, 2.24) is 0 Å². The number of thiophene rings is 1. The summed E-state index contributed by atoms with van der Waals surface area (Å²) in [7, 11) is 0. The number of rotatable bonds is 0. The van der Waals surface area contributed by atoms with Gasteiger partial charge in [-0.05, 0) is 62.9 Å². The minimum atomic E-state index is -0.219. The van der Waals surface area contributed by atoms with Gasteiger partial charge in [0, 0.05) is 9.58 Å². The summed E-state index contributed by atoms with van der Waals surface area (Å²) < 4.78 is 1.38. The fourth-order valence-corrected chi connectivity index (χ4v) is 7.12. The van der Waals surface area contributed by atoms with Crippen molar-refractivity contribution in [2.45, 2.75) is 12.3 Å². The number of aryl methyl sites for hydroxylation is 1. The number of hydrogen-bond donors (Lipinski definition) is 0. The first-order valence-corrected chi connectivity index (χ1v) is 11.0. The molecule has 0 bridgehead atoms. The van der Waals surface area contributed by atoms with Crippen molar-refractivity contribution < 1.29 is 0 Å². The monoisotopic (exact) mass is 386 g/mol. The van der Waals surface area contributed by atoms with Gasteiger partial charge in [-0.1, -0.05) is 84.9 Å². The molecule has 1 heteroatoms. The second-order valence-corrected chi connectivity index (χ2v) is 9.19. The molecule has 1 unspecified atom stereocenters. The molecule has 136 valence electrons. The van der Waals surface area contributed by atoms with E-state index in [0.717, 1.165) is 0 Å². The zero-order chi connectivity index (χ0) is 19.2. The molecule has 1 aromatic heterocycles. The molecular weight excluding hydrogens is 368 g/mol. The summed E-state index contributed by atoms with van der Waals surface area (Å²) in [5.41, 5.74) is 11.1. The summed E-state index contributed by atoms with van der Waals surface area (Å²) in [5, 5.41) is 1.40. The van der Waals surface area contributed by atoms with Gasteiger partial charge in [-0.2, -0.15) is 0 Å². The van der Waals surface area contributed by atoms with Crippen LogP contribution >= 0.6 is 11.3 Å². The molecule has 2 aliphatic rings. The molecular formula is C28H18S. The summed E-state index contributed by atoms with van der Waals surface area (Å²) >= 11 is 1.94. The van der Waals surface area contributed by atoms with Gasteiger partial charge in [-0.3, -0.25) is 0 Å². The average molecular weight is 387 g/mol. The van der Waals surface area contributed by atoms with Crippen molar-refractivity contribution in [1.29, 1.82) is 0 Å². The second-order valence-electron chi connectivity index (χ2n) is 8.14. The highest BCUT2D eigenvalue weighted by Crippen LogP contribution is 2.66. The van der Waals surface area contributed by atoms with E-state index in [-0.39, 0.29) is 5.41 Å². The molecule has 29 heavy (non-hydrogen) atoms. The maximum Gasteiger partial charge on any atom is 0.0740 e. The first-order chi connectivity index (χ1) is 14.3. The van der Waals surface area contributed by atoms with Crippen LogP contribution in [0.25, 0.3) is 31.7 Å². The van der Waals surface area contributed by atoms with Crippen LogP contribution in [0.3, 0.4) is 0 Å². The maximum absolute atomic E-state index is 2.36. The third-order valence-corrected chi connectivity index (χ3v) is 8.03. The third-order valence-electron chi connectivity index (χ3n) is 6.82. The van der Waals surface area contributed by atoms with Crippen LogP contribution in [-0.2, 0) is 5.41 Å². The van der Waals surface area contributed by atoms with E-state index in [1.165, 1.54) is 59.5 Å². The molecule has 5 aromatic rings. The minimum Gasteiger partial charge on any atom is -0.135 e. The van der Waals surface area contributed by atoms with Crippen LogP contribution in [0, 0.1) is 6.92 Å². The van der Waals surface area contributed by atoms with Crippen molar-refractivity contribution in [2.24, 2.45) is 0 Å². The van der Waals surface area contributed by atoms with Crippen LogP contribution in [0.5, 0.6) is 0 Å². The van der Waals surface area contributed by atoms with Gasteiger partial charge in [0.1, 0.15) is 0 Å². The lowest BCUT2D eigenvalue weighted by Gasteiger charge is -2.30. The van der Waals surface area contributed by atoms with Gasteiger partial charge in [-0.15, -0.1) is 11.3 Å². The Morgan fingerprint density at radius 3 is 2.14 bits per heavy atom. The largest absolute Gasteiger partial charge is 0.135 e. The highest BCUT2D eigenvalue weighted by atomic mass is 32.1. The first-order valence-electron chi connectivity index (χ1n) is 10.1. The SMILES string of the molecule is Cc1cccc2c1-c1ccccc1C21c2ccccc2-c2sc3ccccc3c21. The Labute approximate surface area is 174 Å². The Hall–Kier alpha value is -3.16. The summed E-state index contributed by atoms with van der Waals surface area (Å²) in [6.45, 7) is 2.25. The molecule has 7 rings (SSSR count). The standard InChI is InChI=1S/C28H18S/c1-17-9-8-15-23-25(17)18-10-2-5-13-21(18)28(23)22-14-6-3-11-19(22)27-26(28)20-12-4-7-16-24(20)29-27/h2-16H,1H3. The van der Waals surface area contributed by atoms with Crippen LogP contribution in [0.1, 0.15) is 27.8 Å². The van der Waals surface area contributed by atoms with Gasteiger partial charge in [0.25, 0.3) is 0 Å². The van der Waals surface area contributed by atoms with E-state index in [4.69, 9.17) is 0 Å². The van der Waals surface area contributed by atoms with Crippen LogP contribution in [0.2, 0.25) is 0 Å². The zero-order valence-corrected chi connectivity index (χ0v) is 16.9. The number of benzene rings is 4. The fraction of sp³-hybridized carbons (Fsp3) is 0.0714. The molecule has 0 radical (unpaired) electrons. The lowest BCUT2D eigenvalue weighted by molar-refractivity contribution is 0.802. The van der Waals surface area contributed by atoms with Gasteiger partial charge in [-0.25, -0.2) is 0 Å². The Morgan fingerprint density at radius 2 is 1.28 bits per heavy atom. The van der Waals surface area contributed by atoms with Gasteiger partial charge in [0.2, 0.25) is 0 Å². The van der Waals surface area contributed by atoms with Crippen molar-refractivity contribution in [3.8, 4) is 21.6 Å². The molecule has 1 atom stereocenters. The van der Waals surface area contributed by atoms with Crippen LogP contribution in [0.4, 0.5) is 0 Å². The molecule has 1 spiro atoms. The van der Waals surface area contributed by atoms with E-state index in [1.54, 1.807) is 0 Å². The van der Waals surface area contributed by atoms with Crippen molar-refractivity contribution in [3.05, 3.63) is 119 Å². The number of fused-ring (bicyclic) bond motifs is 12. The van der Waals surface area contributed by atoms with E-state index in [9.17, 15) is 0 Å². The summed E-state index contributed by atoms with van der Waals surface area (Å²) in [4.78, 5) is 1.44. The normalized spacial score (nSPS) is 18.0. The molecule has 0 saturated carbocycles. The summed E-state index contributed by atoms with van der Waals surface area (Å²) in [5.74, 6) is 0. The molecule has 2 aliphatic carbocycles. The molecule has 4 aromatic carbocycles. The molecule has 0 nitrogen and oxygen atoms in total. The van der Waals surface area contributed by atoms with Crippen molar-refractivity contribution in [3.63, 3.8) is 0 Å². The van der Waals surface area contributed by atoms with Crippen LogP contribution in [0.15, 0.2) is 91.0 Å². The predicted octanol–water partition coefficient (Wildman–Crippen LogP) is 7.55. The predicted molar refractivity (Wildman–Crippen MR) is 123 cm³/mol. The molecule has 0 fully saturated rings. The van der Waals surface area contributed by atoms with Gasteiger partial charge >= 0.3 is 0 Å². The Kier molecular flexibility index (Phi) is 2.85. The highest BCUT2D eigenvalue weighted by Gasteiger charge is 2.53. The lowest BCUT2D eigenvalue weighted by atomic mass is 9.70. The van der Waals surface area contributed by atoms with Crippen LogP contribution in [-0.4, -0.2) is 0 Å². The summed E-state index contributed by atoms with van der Waals surface area (Å²) in [6, 6.07) is 33.9. The van der Waals surface area contributed by atoms with Gasteiger partial charge in [0.15, 0.2) is 0 Å². The van der Waals surface area contributed by atoms with E-state index >= 15 is 0 Å². The second kappa shape index (κ2) is 5.25. The molecule has 0 N–H and O–H groups in total. The maximum atomic E-state index is 2.36. The zero-order valence-electron chi connectivity index (χ0n) is 16.1. The van der Waals surface area contributed by atoms with E-state index < -0.39 is 0 Å². The Bertz CT molecular complexity index is 1470.